The Morgan fingerprint density at radius 3 is 2.47 bits per heavy atom. The Balaban J connectivity index is 1.69. The quantitative estimate of drug-likeness (QED) is 0.0841. The summed E-state index contributed by atoms with van der Waals surface area (Å²) in [4.78, 5) is 30.4. The van der Waals surface area contributed by atoms with E-state index >= 15 is 0 Å². The van der Waals surface area contributed by atoms with E-state index in [0.717, 1.165) is 33.6 Å². The molecule has 1 aromatic heterocycles. The number of aromatic nitrogens is 2. The summed E-state index contributed by atoms with van der Waals surface area (Å²) in [6.07, 6.45) is 1.40. The molecule has 0 radical (unpaired) electrons. The lowest BCUT2D eigenvalue weighted by molar-refractivity contribution is -0.386. The standard InChI is InChI=1S/C35H33BrN4O5/c1-6-44-32-15-23(5)29(18-28(32)21(2)3)34-38-30-10-8-7-9-27(30)35(41)39(34)37-19-25-16-26(36)17-31(40(42)43)33(25)45-20-24-13-11-22(4)12-14-24/h7-19,21H,6,20H2,1-5H3. The lowest BCUT2D eigenvalue weighted by Crippen LogP contribution is -2.21. The van der Waals surface area contributed by atoms with Crippen molar-refractivity contribution in [3.63, 3.8) is 0 Å². The van der Waals surface area contributed by atoms with Gasteiger partial charge in [-0.3, -0.25) is 14.9 Å². The lowest BCUT2D eigenvalue weighted by atomic mass is 9.96. The molecule has 0 saturated carbocycles. The molecule has 0 unspecified atom stereocenters. The number of nitro groups is 1. The highest BCUT2D eigenvalue weighted by Crippen LogP contribution is 2.36. The molecule has 0 aliphatic rings. The number of ether oxygens (including phenoxy) is 2. The molecule has 0 bridgehead atoms. The van der Waals surface area contributed by atoms with Crippen molar-refractivity contribution in [2.45, 2.75) is 47.1 Å². The Hall–Kier alpha value is -4.83. The summed E-state index contributed by atoms with van der Waals surface area (Å²) >= 11 is 3.38. The Bertz CT molecular complexity index is 1980. The molecule has 10 heteroatoms. The number of fused-ring (bicyclic) bond motifs is 1. The number of hydrogen-bond donors (Lipinski definition) is 0. The van der Waals surface area contributed by atoms with E-state index in [9.17, 15) is 14.9 Å². The maximum Gasteiger partial charge on any atom is 0.312 e. The third-order valence-corrected chi connectivity index (χ3v) is 7.81. The molecule has 5 rings (SSSR count). The van der Waals surface area contributed by atoms with Gasteiger partial charge in [-0.15, -0.1) is 0 Å². The molecular weight excluding hydrogens is 636 g/mol. The second-order valence-corrected chi connectivity index (χ2v) is 11.9. The van der Waals surface area contributed by atoms with Crippen LogP contribution in [-0.4, -0.2) is 27.4 Å². The summed E-state index contributed by atoms with van der Waals surface area (Å²) in [5.41, 5.74) is 4.74. The van der Waals surface area contributed by atoms with E-state index < -0.39 is 4.92 Å². The number of aryl methyl sites for hydroxylation is 2. The van der Waals surface area contributed by atoms with Crippen molar-refractivity contribution in [3.05, 3.63) is 126 Å². The van der Waals surface area contributed by atoms with Gasteiger partial charge in [0, 0.05) is 21.7 Å². The normalized spacial score (nSPS) is 11.4. The predicted molar refractivity (Wildman–Crippen MR) is 181 cm³/mol. The Morgan fingerprint density at radius 1 is 1.04 bits per heavy atom. The van der Waals surface area contributed by atoms with Crippen LogP contribution in [-0.2, 0) is 6.61 Å². The molecule has 0 saturated heterocycles. The molecule has 0 aliphatic carbocycles. The van der Waals surface area contributed by atoms with Crippen LogP contribution in [0.15, 0.2) is 87.2 Å². The van der Waals surface area contributed by atoms with Crippen LogP contribution in [0.2, 0.25) is 0 Å². The fraction of sp³-hybridized carbons (Fsp3) is 0.229. The van der Waals surface area contributed by atoms with Crippen LogP contribution < -0.4 is 15.0 Å². The van der Waals surface area contributed by atoms with Crippen molar-refractivity contribution in [1.29, 1.82) is 0 Å². The number of nitro benzene ring substituents is 1. The van der Waals surface area contributed by atoms with E-state index in [0.29, 0.717) is 33.4 Å². The van der Waals surface area contributed by atoms with Gasteiger partial charge in [0.05, 0.1) is 28.6 Å². The summed E-state index contributed by atoms with van der Waals surface area (Å²) in [5, 5.41) is 17.1. The molecular formula is C35H33BrN4O5. The minimum absolute atomic E-state index is 0.0372. The molecule has 0 atom stereocenters. The van der Waals surface area contributed by atoms with Gasteiger partial charge in [-0.05, 0) is 73.7 Å². The van der Waals surface area contributed by atoms with Gasteiger partial charge in [-0.1, -0.05) is 71.7 Å². The van der Waals surface area contributed by atoms with Crippen LogP contribution in [0.25, 0.3) is 22.3 Å². The molecule has 1 heterocycles. The molecule has 0 aliphatic heterocycles. The van der Waals surface area contributed by atoms with E-state index in [-0.39, 0.29) is 29.5 Å². The van der Waals surface area contributed by atoms with E-state index in [2.05, 4.69) is 34.9 Å². The summed E-state index contributed by atoms with van der Waals surface area (Å²) in [7, 11) is 0. The van der Waals surface area contributed by atoms with Crippen molar-refractivity contribution >= 4 is 38.7 Å². The first-order chi connectivity index (χ1) is 21.6. The van der Waals surface area contributed by atoms with Gasteiger partial charge in [0.15, 0.2) is 5.82 Å². The second kappa shape index (κ2) is 13.4. The molecule has 0 spiro atoms. The molecule has 0 amide bonds. The molecule has 0 N–H and O–H groups in total. The smallest absolute Gasteiger partial charge is 0.312 e. The highest BCUT2D eigenvalue weighted by molar-refractivity contribution is 9.10. The third-order valence-electron chi connectivity index (χ3n) is 7.35. The molecule has 0 fully saturated rings. The van der Waals surface area contributed by atoms with Gasteiger partial charge < -0.3 is 9.47 Å². The Kier molecular flexibility index (Phi) is 9.43. The predicted octanol–water partition coefficient (Wildman–Crippen LogP) is 8.33. The van der Waals surface area contributed by atoms with Crippen molar-refractivity contribution in [3.8, 4) is 22.9 Å². The van der Waals surface area contributed by atoms with E-state index in [1.165, 1.54) is 17.0 Å². The number of hydrogen-bond acceptors (Lipinski definition) is 7. The molecule has 4 aromatic carbocycles. The number of benzene rings is 4. The van der Waals surface area contributed by atoms with Crippen LogP contribution in [0.3, 0.4) is 0 Å². The van der Waals surface area contributed by atoms with Crippen molar-refractivity contribution in [2.24, 2.45) is 5.10 Å². The lowest BCUT2D eigenvalue weighted by Gasteiger charge is -2.18. The van der Waals surface area contributed by atoms with Crippen LogP contribution in [0.5, 0.6) is 11.5 Å². The Morgan fingerprint density at radius 2 is 1.78 bits per heavy atom. The molecule has 9 nitrogen and oxygen atoms in total. The number of nitrogens with zero attached hydrogens (tertiary/aromatic N) is 4. The third kappa shape index (κ3) is 6.81. The monoisotopic (exact) mass is 668 g/mol. The average molecular weight is 670 g/mol. The highest BCUT2D eigenvalue weighted by atomic mass is 79.9. The Labute approximate surface area is 269 Å². The summed E-state index contributed by atoms with van der Waals surface area (Å²) < 4.78 is 13.7. The number of rotatable bonds is 10. The van der Waals surface area contributed by atoms with Gasteiger partial charge in [0.1, 0.15) is 12.4 Å². The van der Waals surface area contributed by atoms with Crippen molar-refractivity contribution < 1.29 is 14.4 Å². The average Bonchev–Trinajstić information content (AvgIpc) is 3.00. The fourth-order valence-corrected chi connectivity index (χ4v) is 5.49. The summed E-state index contributed by atoms with van der Waals surface area (Å²) in [6.45, 7) is 10.6. The van der Waals surface area contributed by atoms with Gasteiger partial charge in [0.2, 0.25) is 5.75 Å². The maximum atomic E-state index is 13.9. The van der Waals surface area contributed by atoms with E-state index in [1.54, 1.807) is 24.3 Å². The van der Waals surface area contributed by atoms with Crippen LogP contribution >= 0.6 is 15.9 Å². The van der Waals surface area contributed by atoms with Crippen LogP contribution in [0.4, 0.5) is 5.69 Å². The summed E-state index contributed by atoms with van der Waals surface area (Å²) in [5.74, 6) is 1.30. The zero-order valence-corrected chi connectivity index (χ0v) is 27.3. The first-order valence-corrected chi connectivity index (χ1v) is 15.4. The van der Waals surface area contributed by atoms with E-state index in [1.807, 2.05) is 63.2 Å². The van der Waals surface area contributed by atoms with Crippen LogP contribution in [0, 0.1) is 24.0 Å². The minimum Gasteiger partial charge on any atom is -0.494 e. The maximum absolute atomic E-state index is 13.9. The first kappa shape index (κ1) is 31.6. The highest BCUT2D eigenvalue weighted by Gasteiger charge is 2.22. The van der Waals surface area contributed by atoms with Gasteiger partial charge in [-0.2, -0.15) is 9.78 Å². The minimum atomic E-state index is -0.502. The van der Waals surface area contributed by atoms with Gasteiger partial charge in [0.25, 0.3) is 5.56 Å². The topological polar surface area (TPSA) is 109 Å². The second-order valence-electron chi connectivity index (χ2n) is 11.0. The van der Waals surface area contributed by atoms with E-state index in [4.69, 9.17) is 14.5 Å². The summed E-state index contributed by atoms with van der Waals surface area (Å²) in [6, 6.07) is 21.8. The molecule has 230 valence electrons. The fourth-order valence-electron chi connectivity index (χ4n) is 5.02. The number of para-hydroxylation sites is 1. The first-order valence-electron chi connectivity index (χ1n) is 14.6. The SMILES string of the molecule is CCOc1cc(C)c(-c2nc3ccccc3c(=O)n2N=Cc2cc(Br)cc([N+](=O)[O-])c2OCc2ccc(C)cc2)cc1C(C)C. The molecule has 5 aromatic rings. The van der Waals surface area contributed by atoms with Crippen molar-refractivity contribution in [1.82, 2.24) is 9.66 Å². The number of halogens is 1. The zero-order valence-electron chi connectivity index (χ0n) is 25.7. The van der Waals surface area contributed by atoms with Gasteiger partial charge in [-0.25, -0.2) is 4.98 Å². The zero-order chi connectivity index (χ0) is 32.2. The van der Waals surface area contributed by atoms with Crippen LogP contribution in [0.1, 0.15) is 54.5 Å². The molecule has 45 heavy (non-hydrogen) atoms. The largest absolute Gasteiger partial charge is 0.494 e. The van der Waals surface area contributed by atoms with Crippen molar-refractivity contribution in [2.75, 3.05) is 6.61 Å². The van der Waals surface area contributed by atoms with Gasteiger partial charge >= 0.3 is 5.69 Å².